The van der Waals surface area contributed by atoms with Crippen LogP contribution in [0, 0.1) is 0 Å². The number of anilines is 1. The van der Waals surface area contributed by atoms with Gasteiger partial charge in [0.15, 0.2) is 5.75 Å². The fourth-order valence-electron chi connectivity index (χ4n) is 2.39. The molecular weight excluding hydrogens is 386 g/mol. The van der Waals surface area contributed by atoms with E-state index in [0.717, 1.165) is 0 Å². The van der Waals surface area contributed by atoms with E-state index in [0.29, 0.717) is 29.8 Å². The molecule has 0 atom stereocenters. The maximum atomic E-state index is 12.1. The summed E-state index contributed by atoms with van der Waals surface area (Å²) in [7, 11) is -3.45. The number of hydrogen-bond donors (Lipinski definition) is 3. The summed E-state index contributed by atoms with van der Waals surface area (Å²) in [6.07, 6.45) is 2.39. The minimum absolute atomic E-state index is 0.0360. The van der Waals surface area contributed by atoms with Gasteiger partial charge >= 0.3 is 6.16 Å². The Bertz CT molecular complexity index is 1120. The number of sulfonamides is 1. The van der Waals surface area contributed by atoms with Gasteiger partial charge in [-0.2, -0.15) is 5.10 Å². The molecule has 136 valence electrons. The maximum Gasteiger partial charge on any atom is 0.511 e. The molecule has 1 aliphatic carbocycles. The van der Waals surface area contributed by atoms with Crippen LogP contribution in [0.1, 0.15) is 12.8 Å². The Balaban J connectivity index is 1.67. The lowest BCUT2D eigenvalue weighted by molar-refractivity contribution is 0.144. The molecule has 0 bridgehead atoms. The summed E-state index contributed by atoms with van der Waals surface area (Å²) >= 11 is 6.17. The number of nitrogens with zero attached hydrogens (tertiary/aromatic N) is 3. The number of carbonyl (C=O) groups is 1. The first-order valence-electron chi connectivity index (χ1n) is 7.48. The van der Waals surface area contributed by atoms with E-state index in [-0.39, 0.29) is 21.7 Å². The second kappa shape index (κ2) is 5.88. The van der Waals surface area contributed by atoms with Crippen LogP contribution in [0.5, 0.6) is 5.75 Å². The highest BCUT2D eigenvalue weighted by molar-refractivity contribution is 7.93. The summed E-state index contributed by atoms with van der Waals surface area (Å²) in [6.45, 7) is 0. The van der Waals surface area contributed by atoms with Crippen molar-refractivity contribution in [1.82, 2.24) is 19.7 Å². The van der Waals surface area contributed by atoms with Gasteiger partial charge in [-0.25, -0.2) is 22.9 Å². The topological polar surface area (TPSA) is 139 Å². The number of aromatic amines is 1. The Kier molecular flexibility index (Phi) is 3.77. The van der Waals surface area contributed by atoms with Gasteiger partial charge in [0.1, 0.15) is 0 Å². The van der Waals surface area contributed by atoms with Crippen molar-refractivity contribution < 1.29 is 23.1 Å². The molecule has 10 nitrogen and oxygen atoms in total. The molecule has 0 unspecified atom stereocenters. The number of hydrogen-bond acceptors (Lipinski definition) is 6. The SMILES string of the molecule is O=C(O)Oc1cnn(-c2nc3cc(NS(=O)(=O)C4CC4)c(Cl)cc3[nH]2)c1. The fraction of sp³-hybridized carbons (Fsp3) is 0.214. The number of ether oxygens (including phenoxy) is 1. The zero-order valence-electron chi connectivity index (χ0n) is 13.0. The van der Waals surface area contributed by atoms with Crippen LogP contribution in [0.2, 0.25) is 5.02 Å². The van der Waals surface area contributed by atoms with Crippen molar-refractivity contribution in [1.29, 1.82) is 0 Å². The quantitative estimate of drug-likeness (QED) is 0.561. The van der Waals surface area contributed by atoms with Gasteiger partial charge in [0, 0.05) is 0 Å². The first-order valence-corrected chi connectivity index (χ1v) is 9.41. The van der Waals surface area contributed by atoms with Crippen LogP contribution < -0.4 is 9.46 Å². The number of fused-ring (bicyclic) bond motifs is 1. The summed E-state index contributed by atoms with van der Waals surface area (Å²) in [6, 6.07) is 3.08. The Hall–Kier alpha value is -2.79. The molecule has 3 N–H and O–H groups in total. The Labute approximate surface area is 151 Å². The molecule has 1 aromatic carbocycles. The van der Waals surface area contributed by atoms with Crippen molar-refractivity contribution >= 4 is 44.5 Å². The van der Waals surface area contributed by atoms with Crippen LogP contribution in [0.3, 0.4) is 0 Å². The normalized spacial score (nSPS) is 14.5. The third kappa shape index (κ3) is 3.18. The Morgan fingerprint density at radius 1 is 1.42 bits per heavy atom. The molecule has 26 heavy (non-hydrogen) atoms. The monoisotopic (exact) mass is 397 g/mol. The second-order valence-electron chi connectivity index (χ2n) is 5.74. The van der Waals surface area contributed by atoms with Gasteiger partial charge in [0.2, 0.25) is 16.0 Å². The third-order valence-electron chi connectivity index (χ3n) is 3.75. The predicted octanol–water partition coefficient (Wildman–Crippen LogP) is 2.36. The third-order valence-corrected chi connectivity index (χ3v) is 5.92. The molecule has 2 heterocycles. The van der Waals surface area contributed by atoms with Crippen LogP contribution in [-0.2, 0) is 10.0 Å². The lowest BCUT2D eigenvalue weighted by atomic mass is 10.3. The van der Waals surface area contributed by atoms with E-state index in [4.69, 9.17) is 16.7 Å². The minimum atomic E-state index is -3.45. The molecule has 2 aromatic heterocycles. The van der Waals surface area contributed by atoms with Gasteiger partial charge in [0.05, 0.1) is 39.4 Å². The number of carboxylic acid groups (broad SMARTS) is 1. The highest BCUT2D eigenvalue weighted by Gasteiger charge is 2.36. The van der Waals surface area contributed by atoms with Gasteiger partial charge < -0.3 is 14.8 Å². The largest absolute Gasteiger partial charge is 0.511 e. The van der Waals surface area contributed by atoms with Crippen molar-refractivity contribution in [2.75, 3.05) is 4.72 Å². The number of benzene rings is 1. The first-order chi connectivity index (χ1) is 12.3. The zero-order chi connectivity index (χ0) is 18.5. The second-order valence-corrected chi connectivity index (χ2v) is 8.11. The van der Waals surface area contributed by atoms with Crippen molar-refractivity contribution in [2.24, 2.45) is 0 Å². The summed E-state index contributed by atoms with van der Waals surface area (Å²) < 4.78 is 32.5. The van der Waals surface area contributed by atoms with E-state index in [1.807, 2.05) is 0 Å². The molecule has 1 saturated carbocycles. The van der Waals surface area contributed by atoms with E-state index in [1.165, 1.54) is 23.1 Å². The molecule has 0 amide bonds. The first kappa shape index (κ1) is 16.7. The number of imidazole rings is 1. The molecule has 12 heteroatoms. The molecule has 0 saturated heterocycles. The van der Waals surface area contributed by atoms with Crippen molar-refractivity contribution in [3.05, 3.63) is 29.5 Å². The zero-order valence-corrected chi connectivity index (χ0v) is 14.6. The number of halogens is 1. The minimum Gasteiger partial charge on any atom is -0.449 e. The molecule has 0 radical (unpaired) electrons. The lowest BCUT2D eigenvalue weighted by Crippen LogP contribution is -2.17. The molecule has 0 spiro atoms. The summed E-state index contributed by atoms with van der Waals surface area (Å²) in [4.78, 5) is 17.8. The molecule has 4 rings (SSSR count). The average Bonchev–Trinajstić information content (AvgIpc) is 3.20. The van der Waals surface area contributed by atoms with Crippen LogP contribution in [-0.4, -0.2) is 44.7 Å². The molecule has 3 aromatic rings. The van der Waals surface area contributed by atoms with Gasteiger partial charge in [0.25, 0.3) is 0 Å². The Morgan fingerprint density at radius 3 is 2.88 bits per heavy atom. The van der Waals surface area contributed by atoms with Gasteiger partial charge in [-0.05, 0) is 25.0 Å². The number of H-pyrrole nitrogens is 1. The fourth-order valence-corrected chi connectivity index (χ4v) is 4.06. The van der Waals surface area contributed by atoms with Crippen LogP contribution >= 0.6 is 11.6 Å². The average molecular weight is 398 g/mol. The Morgan fingerprint density at radius 2 is 2.19 bits per heavy atom. The summed E-state index contributed by atoms with van der Waals surface area (Å²) in [5, 5.41) is 12.4. The van der Waals surface area contributed by atoms with Gasteiger partial charge in [-0.3, -0.25) is 4.72 Å². The number of nitrogens with one attached hydrogen (secondary N) is 2. The highest BCUT2D eigenvalue weighted by Crippen LogP contribution is 2.33. The smallest absolute Gasteiger partial charge is 0.449 e. The highest BCUT2D eigenvalue weighted by atomic mass is 35.5. The van der Waals surface area contributed by atoms with E-state index in [2.05, 4.69) is 24.5 Å². The van der Waals surface area contributed by atoms with Gasteiger partial charge in [-0.1, -0.05) is 11.6 Å². The standard InChI is InChI=1S/C14H12ClN5O5S/c15-9-3-11-12(4-10(9)19-26(23,24)8-1-2-8)18-13(17-11)20-6-7(5-16-20)25-14(21)22/h3-6,8,19H,1-2H2,(H,17,18)(H,21,22). The van der Waals surface area contributed by atoms with Crippen molar-refractivity contribution in [3.8, 4) is 11.7 Å². The van der Waals surface area contributed by atoms with E-state index in [9.17, 15) is 13.2 Å². The maximum absolute atomic E-state index is 12.1. The predicted molar refractivity (Wildman–Crippen MR) is 92.4 cm³/mol. The van der Waals surface area contributed by atoms with Gasteiger partial charge in [-0.15, -0.1) is 0 Å². The van der Waals surface area contributed by atoms with E-state index >= 15 is 0 Å². The van der Waals surface area contributed by atoms with Crippen molar-refractivity contribution in [3.63, 3.8) is 0 Å². The van der Waals surface area contributed by atoms with Crippen LogP contribution in [0.25, 0.3) is 17.0 Å². The molecule has 1 aliphatic rings. The molecule has 1 fully saturated rings. The molecule has 0 aliphatic heterocycles. The van der Waals surface area contributed by atoms with E-state index < -0.39 is 16.2 Å². The lowest BCUT2D eigenvalue weighted by Gasteiger charge is -2.08. The van der Waals surface area contributed by atoms with Crippen LogP contribution in [0.4, 0.5) is 10.5 Å². The summed E-state index contributed by atoms with van der Waals surface area (Å²) in [5.41, 5.74) is 1.28. The molecular formula is C14H12ClN5O5S. The summed E-state index contributed by atoms with van der Waals surface area (Å²) in [5.74, 6) is 0.326. The number of aromatic nitrogens is 4. The van der Waals surface area contributed by atoms with Crippen molar-refractivity contribution in [2.45, 2.75) is 18.1 Å². The number of rotatable bonds is 5. The van der Waals surface area contributed by atoms with E-state index in [1.54, 1.807) is 6.07 Å². The van der Waals surface area contributed by atoms with Crippen LogP contribution in [0.15, 0.2) is 24.5 Å².